The maximum atomic E-state index is 12.4. The van der Waals surface area contributed by atoms with Gasteiger partial charge in [0.1, 0.15) is 11.8 Å². The third kappa shape index (κ3) is 4.19. The van der Waals surface area contributed by atoms with Gasteiger partial charge in [-0.1, -0.05) is 19.1 Å². The molecule has 132 valence electrons. The number of fused-ring (bicyclic) bond motifs is 1. The maximum Gasteiger partial charge on any atom is 0.262 e. The molecule has 1 heterocycles. The van der Waals surface area contributed by atoms with Crippen LogP contribution in [0.25, 0.3) is 0 Å². The van der Waals surface area contributed by atoms with E-state index in [1.807, 2.05) is 56.9 Å². The Morgan fingerprint density at radius 3 is 2.67 bits per heavy atom. The van der Waals surface area contributed by atoms with Crippen molar-refractivity contribution in [2.45, 2.75) is 52.3 Å². The maximum absolute atomic E-state index is 12.4. The summed E-state index contributed by atoms with van der Waals surface area (Å²) in [5.74, 6) is 0.423. The molecular formula is C18H27N3O3. The van der Waals surface area contributed by atoms with E-state index in [-0.39, 0.29) is 23.9 Å². The smallest absolute Gasteiger partial charge is 0.262 e. The molecule has 0 radical (unpaired) electrons. The van der Waals surface area contributed by atoms with Gasteiger partial charge >= 0.3 is 0 Å². The van der Waals surface area contributed by atoms with E-state index in [0.29, 0.717) is 18.8 Å². The molecule has 2 rings (SSSR count). The number of benzene rings is 1. The fourth-order valence-electron chi connectivity index (χ4n) is 2.67. The molecule has 0 saturated heterocycles. The standard InChI is InChI=1S/C18H27N3O3/c1-5-10-19-18(23)16-11-21(13(4)17(22)20-12(2)3)14-8-6-7-9-15(14)24-16/h6-9,12-13,16H,5,10-11H2,1-4H3,(H,19,23)(H,20,22)/t13-,16-/m0/s1. The Morgan fingerprint density at radius 2 is 2.00 bits per heavy atom. The van der Waals surface area contributed by atoms with Crippen molar-refractivity contribution in [3.05, 3.63) is 24.3 Å². The number of nitrogens with zero attached hydrogens (tertiary/aromatic N) is 1. The molecule has 1 aromatic rings. The molecule has 2 atom stereocenters. The third-order valence-electron chi connectivity index (χ3n) is 3.93. The number of carbonyl (C=O) groups excluding carboxylic acids is 2. The number of hydrogen-bond acceptors (Lipinski definition) is 4. The molecule has 2 N–H and O–H groups in total. The average molecular weight is 333 g/mol. The number of carbonyl (C=O) groups is 2. The number of rotatable bonds is 6. The lowest BCUT2D eigenvalue weighted by Gasteiger charge is -2.38. The SMILES string of the molecule is CCCNC(=O)[C@@H]1CN([C@@H](C)C(=O)NC(C)C)c2ccccc2O1. The lowest BCUT2D eigenvalue weighted by atomic mass is 10.1. The fourth-order valence-corrected chi connectivity index (χ4v) is 2.67. The Morgan fingerprint density at radius 1 is 1.29 bits per heavy atom. The molecule has 0 bridgehead atoms. The normalized spacial score (nSPS) is 17.7. The van der Waals surface area contributed by atoms with Crippen molar-refractivity contribution in [2.75, 3.05) is 18.0 Å². The molecule has 0 aliphatic carbocycles. The molecule has 2 amide bonds. The molecule has 1 aromatic carbocycles. The summed E-state index contributed by atoms with van der Waals surface area (Å²) >= 11 is 0. The highest BCUT2D eigenvalue weighted by Gasteiger charge is 2.34. The second kappa shape index (κ2) is 8.04. The Hall–Kier alpha value is -2.24. The number of hydrogen-bond donors (Lipinski definition) is 2. The monoisotopic (exact) mass is 333 g/mol. The largest absolute Gasteiger partial charge is 0.477 e. The third-order valence-corrected chi connectivity index (χ3v) is 3.93. The topological polar surface area (TPSA) is 70.7 Å². The molecule has 1 aliphatic rings. The Balaban J connectivity index is 2.22. The fraction of sp³-hybridized carbons (Fsp3) is 0.556. The van der Waals surface area contributed by atoms with E-state index < -0.39 is 6.10 Å². The van der Waals surface area contributed by atoms with Gasteiger partial charge < -0.3 is 20.3 Å². The van der Waals surface area contributed by atoms with Crippen molar-refractivity contribution in [1.82, 2.24) is 10.6 Å². The second-order valence-electron chi connectivity index (χ2n) is 6.36. The summed E-state index contributed by atoms with van der Waals surface area (Å²) in [5.41, 5.74) is 0.837. The summed E-state index contributed by atoms with van der Waals surface area (Å²) in [6.45, 7) is 8.67. The molecule has 0 fully saturated rings. The van der Waals surface area contributed by atoms with Gasteiger partial charge in [0.05, 0.1) is 12.2 Å². The summed E-state index contributed by atoms with van der Waals surface area (Å²) in [5, 5.41) is 5.79. The molecule has 0 spiro atoms. The van der Waals surface area contributed by atoms with E-state index in [2.05, 4.69) is 10.6 Å². The lowest BCUT2D eigenvalue weighted by molar-refractivity contribution is -0.128. The molecule has 0 saturated carbocycles. The van der Waals surface area contributed by atoms with Gasteiger partial charge in [-0.05, 0) is 39.3 Å². The van der Waals surface area contributed by atoms with E-state index in [1.165, 1.54) is 0 Å². The van der Waals surface area contributed by atoms with Crippen LogP contribution in [0.2, 0.25) is 0 Å². The molecule has 6 nitrogen and oxygen atoms in total. The van der Waals surface area contributed by atoms with Crippen molar-refractivity contribution in [3.8, 4) is 5.75 Å². The predicted molar refractivity (Wildman–Crippen MR) is 94.2 cm³/mol. The Bertz CT molecular complexity index is 589. The molecule has 0 aromatic heterocycles. The van der Waals surface area contributed by atoms with Crippen LogP contribution >= 0.6 is 0 Å². The van der Waals surface area contributed by atoms with Gasteiger partial charge in [0.25, 0.3) is 5.91 Å². The van der Waals surface area contributed by atoms with Crippen LogP contribution in [-0.4, -0.2) is 43.1 Å². The van der Waals surface area contributed by atoms with E-state index in [0.717, 1.165) is 12.1 Å². The molecule has 6 heteroatoms. The van der Waals surface area contributed by atoms with E-state index in [1.54, 1.807) is 0 Å². The number of anilines is 1. The minimum absolute atomic E-state index is 0.0607. The van der Waals surface area contributed by atoms with Crippen molar-refractivity contribution < 1.29 is 14.3 Å². The van der Waals surface area contributed by atoms with E-state index >= 15 is 0 Å². The number of nitrogens with one attached hydrogen (secondary N) is 2. The number of amides is 2. The van der Waals surface area contributed by atoms with Gasteiger partial charge in [-0.15, -0.1) is 0 Å². The highest BCUT2D eigenvalue weighted by atomic mass is 16.5. The van der Waals surface area contributed by atoms with Crippen LogP contribution in [0.1, 0.15) is 34.1 Å². The zero-order valence-corrected chi connectivity index (χ0v) is 14.8. The van der Waals surface area contributed by atoms with Crippen molar-refractivity contribution in [3.63, 3.8) is 0 Å². The first-order valence-corrected chi connectivity index (χ1v) is 8.54. The van der Waals surface area contributed by atoms with Gasteiger partial charge in [-0.2, -0.15) is 0 Å². The van der Waals surface area contributed by atoms with Gasteiger partial charge in [0.2, 0.25) is 5.91 Å². The van der Waals surface area contributed by atoms with Crippen LogP contribution in [-0.2, 0) is 9.59 Å². The minimum atomic E-state index is -0.624. The van der Waals surface area contributed by atoms with Crippen molar-refractivity contribution in [2.24, 2.45) is 0 Å². The highest BCUT2D eigenvalue weighted by Crippen LogP contribution is 2.34. The average Bonchev–Trinajstić information content (AvgIpc) is 2.57. The first-order chi connectivity index (χ1) is 11.4. The zero-order chi connectivity index (χ0) is 17.7. The molecule has 0 unspecified atom stereocenters. The van der Waals surface area contributed by atoms with Gasteiger partial charge in [-0.3, -0.25) is 9.59 Å². The van der Waals surface area contributed by atoms with Crippen LogP contribution in [0, 0.1) is 0 Å². The Labute approximate surface area is 143 Å². The molecule has 1 aliphatic heterocycles. The van der Waals surface area contributed by atoms with Gasteiger partial charge in [0.15, 0.2) is 6.10 Å². The summed E-state index contributed by atoms with van der Waals surface area (Å²) in [4.78, 5) is 26.7. The highest BCUT2D eigenvalue weighted by molar-refractivity contribution is 5.88. The second-order valence-corrected chi connectivity index (χ2v) is 6.36. The van der Waals surface area contributed by atoms with Crippen LogP contribution in [0.5, 0.6) is 5.75 Å². The van der Waals surface area contributed by atoms with E-state index in [4.69, 9.17) is 4.74 Å². The van der Waals surface area contributed by atoms with Crippen LogP contribution < -0.4 is 20.3 Å². The lowest BCUT2D eigenvalue weighted by Crippen LogP contribution is -2.55. The van der Waals surface area contributed by atoms with E-state index in [9.17, 15) is 9.59 Å². The summed E-state index contributed by atoms with van der Waals surface area (Å²) in [6.07, 6.45) is 0.243. The van der Waals surface area contributed by atoms with Crippen LogP contribution in [0.15, 0.2) is 24.3 Å². The molecular weight excluding hydrogens is 306 g/mol. The van der Waals surface area contributed by atoms with Gasteiger partial charge in [-0.25, -0.2) is 0 Å². The van der Waals surface area contributed by atoms with Crippen molar-refractivity contribution >= 4 is 17.5 Å². The minimum Gasteiger partial charge on any atom is -0.477 e. The first kappa shape index (κ1) is 18.1. The quantitative estimate of drug-likeness (QED) is 0.831. The Kier molecular flexibility index (Phi) is 6.06. The number of para-hydroxylation sites is 2. The zero-order valence-electron chi connectivity index (χ0n) is 14.8. The van der Waals surface area contributed by atoms with Crippen LogP contribution in [0.3, 0.4) is 0 Å². The van der Waals surface area contributed by atoms with Crippen LogP contribution in [0.4, 0.5) is 5.69 Å². The summed E-state index contributed by atoms with van der Waals surface area (Å²) in [7, 11) is 0. The summed E-state index contributed by atoms with van der Waals surface area (Å²) in [6, 6.07) is 7.18. The predicted octanol–water partition coefficient (Wildman–Crippen LogP) is 1.69. The first-order valence-electron chi connectivity index (χ1n) is 8.54. The van der Waals surface area contributed by atoms with Gasteiger partial charge in [0, 0.05) is 12.6 Å². The number of ether oxygens (including phenoxy) is 1. The molecule has 24 heavy (non-hydrogen) atoms. The van der Waals surface area contributed by atoms with Crippen molar-refractivity contribution in [1.29, 1.82) is 0 Å². The summed E-state index contributed by atoms with van der Waals surface area (Å²) < 4.78 is 5.85.